The van der Waals surface area contributed by atoms with Gasteiger partial charge < -0.3 is 5.11 Å². The number of carboxylic acid groups (broad SMARTS) is 1. The van der Waals surface area contributed by atoms with Gasteiger partial charge in [0.2, 0.25) is 0 Å². The van der Waals surface area contributed by atoms with Crippen molar-refractivity contribution in [3.63, 3.8) is 0 Å². The molecular weight excluding hydrogens is 274 g/mol. The highest BCUT2D eigenvalue weighted by molar-refractivity contribution is 5.77. The maximum Gasteiger partial charge on any atom is 0.308 e. The molecule has 1 N–H and O–H groups in total. The number of nitrogens with zero attached hydrogens (tertiary/aromatic N) is 5. The monoisotopic (exact) mass is 285 g/mol. The average molecular weight is 285 g/mol. The number of aromatic nitrogens is 5. The Hall–Kier alpha value is -3.03. The lowest BCUT2D eigenvalue weighted by Crippen LogP contribution is -2.26. The SMILES string of the molecule is Cn1ncc(CC(=O)O)c1-n1nnc2ccccc2c1=O. The lowest BCUT2D eigenvalue weighted by Gasteiger charge is -2.07. The van der Waals surface area contributed by atoms with Crippen LogP contribution in [0.25, 0.3) is 16.7 Å². The highest BCUT2D eigenvalue weighted by atomic mass is 16.4. The van der Waals surface area contributed by atoms with Crippen LogP contribution in [0, 0.1) is 0 Å². The van der Waals surface area contributed by atoms with Crippen molar-refractivity contribution >= 4 is 16.9 Å². The fourth-order valence-electron chi connectivity index (χ4n) is 2.17. The summed E-state index contributed by atoms with van der Waals surface area (Å²) in [5, 5.41) is 21.2. The lowest BCUT2D eigenvalue weighted by atomic mass is 10.2. The number of hydrogen-bond acceptors (Lipinski definition) is 5. The van der Waals surface area contributed by atoms with Crippen LogP contribution >= 0.6 is 0 Å². The van der Waals surface area contributed by atoms with Crippen molar-refractivity contribution in [2.45, 2.75) is 6.42 Å². The molecular formula is C13H11N5O3. The highest BCUT2D eigenvalue weighted by Gasteiger charge is 2.17. The molecule has 0 spiro atoms. The standard InChI is InChI=1S/C13H11N5O3/c1-17-12(8(7-14-17)6-11(19)20)18-13(21)9-4-2-3-5-10(9)15-16-18/h2-5,7H,6H2,1H3,(H,19,20). The van der Waals surface area contributed by atoms with Crippen molar-refractivity contribution in [1.29, 1.82) is 0 Å². The Labute approximate surface area is 118 Å². The number of aliphatic carboxylic acids is 1. The molecule has 8 nitrogen and oxygen atoms in total. The fraction of sp³-hybridized carbons (Fsp3) is 0.154. The summed E-state index contributed by atoms with van der Waals surface area (Å²) < 4.78 is 2.48. The minimum atomic E-state index is -1.01. The molecule has 0 aliphatic heterocycles. The summed E-state index contributed by atoms with van der Waals surface area (Å²) in [6.45, 7) is 0. The smallest absolute Gasteiger partial charge is 0.308 e. The maximum absolute atomic E-state index is 12.5. The second kappa shape index (κ2) is 4.82. The van der Waals surface area contributed by atoms with Crippen molar-refractivity contribution < 1.29 is 9.90 Å². The first-order valence-electron chi connectivity index (χ1n) is 6.15. The first kappa shape index (κ1) is 13.0. The average Bonchev–Trinajstić information content (AvgIpc) is 2.80. The Morgan fingerprint density at radius 1 is 1.33 bits per heavy atom. The van der Waals surface area contributed by atoms with Crippen LogP contribution in [0.15, 0.2) is 35.3 Å². The van der Waals surface area contributed by atoms with Gasteiger partial charge in [-0.1, -0.05) is 17.3 Å². The number of aryl methyl sites for hydroxylation is 1. The summed E-state index contributed by atoms with van der Waals surface area (Å²) in [5.74, 6) is -0.702. The Balaban J connectivity index is 2.26. The van der Waals surface area contributed by atoms with Crippen molar-refractivity contribution in [2.75, 3.05) is 0 Å². The molecule has 0 saturated carbocycles. The molecule has 0 amide bonds. The Kier molecular flexibility index (Phi) is 2.98. The number of carbonyl (C=O) groups is 1. The zero-order valence-electron chi connectivity index (χ0n) is 11.1. The fourth-order valence-corrected chi connectivity index (χ4v) is 2.17. The van der Waals surface area contributed by atoms with E-state index in [2.05, 4.69) is 15.4 Å². The predicted octanol–water partition coefficient (Wildman–Crippen LogP) is 0.141. The molecule has 8 heteroatoms. The lowest BCUT2D eigenvalue weighted by molar-refractivity contribution is -0.136. The van der Waals surface area contributed by atoms with Gasteiger partial charge in [0.25, 0.3) is 5.56 Å². The maximum atomic E-state index is 12.5. The third-order valence-electron chi connectivity index (χ3n) is 3.09. The molecule has 3 aromatic rings. The minimum Gasteiger partial charge on any atom is -0.481 e. The van der Waals surface area contributed by atoms with Crippen LogP contribution in [0.2, 0.25) is 0 Å². The third-order valence-corrected chi connectivity index (χ3v) is 3.09. The van der Waals surface area contributed by atoms with Crippen LogP contribution < -0.4 is 5.56 Å². The number of benzene rings is 1. The topological polar surface area (TPSA) is 103 Å². The molecule has 0 atom stereocenters. The quantitative estimate of drug-likeness (QED) is 0.734. The molecule has 1 aromatic carbocycles. The number of rotatable bonds is 3. The van der Waals surface area contributed by atoms with E-state index in [1.54, 1.807) is 31.3 Å². The van der Waals surface area contributed by atoms with Crippen LogP contribution in [0.4, 0.5) is 0 Å². The Bertz CT molecular complexity index is 896. The van der Waals surface area contributed by atoms with E-state index in [1.165, 1.54) is 10.9 Å². The zero-order valence-corrected chi connectivity index (χ0v) is 11.1. The van der Waals surface area contributed by atoms with Gasteiger partial charge in [-0.3, -0.25) is 14.3 Å². The zero-order chi connectivity index (χ0) is 15.0. The number of fused-ring (bicyclic) bond motifs is 1. The summed E-state index contributed by atoms with van der Waals surface area (Å²) in [6, 6.07) is 6.84. The molecule has 2 aromatic heterocycles. The van der Waals surface area contributed by atoms with Gasteiger partial charge >= 0.3 is 5.97 Å². The van der Waals surface area contributed by atoms with Gasteiger partial charge in [-0.05, 0) is 12.1 Å². The van der Waals surface area contributed by atoms with E-state index in [9.17, 15) is 9.59 Å². The summed E-state index contributed by atoms with van der Waals surface area (Å²) in [5.41, 5.74) is 0.522. The van der Waals surface area contributed by atoms with Crippen molar-refractivity contribution in [1.82, 2.24) is 24.8 Å². The Morgan fingerprint density at radius 2 is 2.10 bits per heavy atom. The molecule has 21 heavy (non-hydrogen) atoms. The first-order valence-corrected chi connectivity index (χ1v) is 6.15. The van der Waals surface area contributed by atoms with E-state index in [-0.39, 0.29) is 12.0 Å². The molecule has 106 valence electrons. The summed E-state index contributed by atoms with van der Waals surface area (Å²) in [4.78, 5) is 23.4. The third kappa shape index (κ3) is 2.16. The summed E-state index contributed by atoms with van der Waals surface area (Å²) >= 11 is 0. The molecule has 3 rings (SSSR count). The first-order chi connectivity index (χ1) is 10.1. The van der Waals surface area contributed by atoms with E-state index < -0.39 is 5.97 Å². The van der Waals surface area contributed by atoms with Crippen LogP contribution in [0.5, 0.6) is 0 Å². The minimum absolute atomic E-state index is 0.246. The van der Waals surface area contributed by atoms with Crippen molar-refractivity contribution in [2.24, 2.45) is 7.05 Å². The van der Waals surface area contributed by atoms with E-state index in [1.807, 2.05) is 0 Å². The normalized spacial score (nSPS) is 10.9. The van der Waals surface area contributed by atoms with Crippen LogP contribution in [-0.4, -0.2) is 35.9 Å². The van der Waals surface area contributed by atoms with Gasteiger partial charge in [0.15, 0.2) is 5.82 Å². The largest absolute Gasteiger partial charge is 0.481 e. The number of carboxylic acids is 1. The molecule has 0 unspecified atom stereocenters. The second-order valence-electron chi connectivity index (χ2n) is 4.51. The molecule has 0 saturated heterocycles. The molecule has 0 fully saturated rings. The molecule has 0 bridgehead atoms. The van der Waals surface area contributed by atoms with Gasteiger partial charge in [0.1, 0.15) is 5.52 Å². The summed E-state index contributed by atoms with van der Waals surface area (Å²) in [7, 11) is 1.62. The van der Waals surface area contributed by atoms with Crippen molar-refractivity contribution in [3.8, 4) is 5.82 Å². The predicted molar refractivity (Wildman–Crippen MR) is 73.2 cm³/mol. The van der Waals surface area contributed by atoms with E-state index in [0.717, 1.165) is 4.68 Å². The molecule has 0 radical (unpaired) electrons. The molecule has 2 heterocycles. The van der Waals surface area contributed by atoms with E-state index >= 15 is 0 Å². The molecule has 0 aliphatic carbocycles. The van der Waals surface area contributed by atoms with Gasteiger partial charge in [-0.15, -0.1) is 5.10 Å². The van der Waals surface area contributed by atoms with Gasteiger partial charge in [0.05, 0.1) is 18.0 Å². The van der Waals surface area contributed by atoms with Crippen LogP contribution in [-0.2, 0) is 18.3 Å². The summed E-state index contributed by atoms with van der Waals surface area (Å²) in [6.07, 6.45) is 1.16. The van der Waals surface area contributed by atoms with Crippen molar-refractivity contribution in [3.05, 3.63) is 46.4 Å². The van der Waals surface area contributed by atoms with Gasteiger partial charge in [-0.2, -0.15) is 9.78 Å². The van der Waals surface area contributed by atoms with E-state index in [0.29, 0.717) is 22.3 Å². The Morgan fingerprint density at radius 3 is 2.86 bits per heavy atom. The van der Waals surface area contributed by atoms with Crippen LogP contribution in [0.1, 0.15) is 5.56 Å². The highest BCUT2D eigenvalue weighted by Crippen LogP contribution is 2.13. The van der Waals surface area contributed by atoms with E-state index in [4.69, 9.17) is 5.11 Å². The van der Waals surface area contributed by atoms with Crippen LogP contribution in [0.3, 0.4) is 0 Å². The van der Waals surface area contributed by atoms with Gasteiger partial charge in [-0.25, -0.2) is 0 Å². The van der Waals surface area contributed by atoms with Gasteiger partial charge in [0, 0.05) is 12.6 Å². The molecule has 0 aliphatic rings. The second-order valence-corrected chi connectivity index (χ2v) is 4.51. The number of hydrogen-bond donors (Lipinski definition) is 1.